The second-order valence-electron chi connectivity index (χ2n) is 6.63. The molecule has 0 saturated carbocycles. The Bertz CT molecular complexity index is 1070. The van der Waals surface area contributed by atoms with E-state index in [4.69, 9.17) is 5.73 Å². The third-order valence-corrected chi connectivity index (χ3v) is 4.69. The van der Waals surface area contributed by atoms with Gasteiger partial charge in [-0.15, -0.1) is 10.2 Å². The van der Waals surface area contributed by atoms with Gasteiger partial charge in [0.25, 0.3) is 23.4 Å². The standard InChI is InChI=1S/C18H18N8O3/c19-15(28)14(27)16-21-22-18-20-10-13(23-26(16)18)17(29)25-8-6-24(7-9-25)11-12-4-2-1-3-5-12/h1-5,10H,6-9,11H2,(H2,19,28). The molecule has 29 heavy (non-hydrogen) atoms. The van der Waals surface area contributed by atoms with Gasteiger partial charge in [0.05, 0.1) is 6.20 Å². The minimum atomic E-state index is -1.19. The molecule has 0 bridgehead atoms. The molecule has 1 aromatic carbocycles. The molecule has 0 unspecified atom stereocenters. The van der Waals surface area contributed by atoms with Gasteiger partial charge < -0.3 is 10.6 Å². The summed E-state index contributed by atoms with van der Waals surface area (Å²) in [7, 11) is 0. The smallest absolute Gasteiger partial charge is 0.293 e. The van der Waals surface area contributed by atoms with Gasteiger partial charge in [0.2, 0.25) is 5.82 Å². The van der Waals surface area contributed by atoms with Crippen molar-refractivity contribution in [1.29, 1.82) is 0 Å². The fourth-order valence-corrected chi connectivity index (χ4v) is 3.16. The van der Waals surface area contributed by atoms with E-state index in [1.807, 2.05) is 18.2 Å². The van der Waals surface area contributed by atoms with E-state index in [-0.39, 0.29) is 23.2 Å². The van der Waals surface area contributed by atoms with Crippen molar-refractivity contribution in [3.05, 3.63) is 53.6 Å². The Hall–Kier alpha value is -3.73. The van der Waals surface area contributed by atoms with Crippen LogP contribution in [0, 0.1) is 0 Å². The summed E-state index contributed by atoms with van der Waals surface area (Å²) < 4.78 is 0.964. The van der Waals surface area contributed by atoms with Crippen molar-refractivity contribution in [1.82, 2.24) is 34.6 Å². The zero-order valence-electron chi connectivity index (χ0n) is 15.4. The van der Waals surface area contributed by atoms with E-state index in [0.29, 0.717) is 13.1 Å². The van der Waals surface area contributed by atoms with Crippen molar-refractivity contribution < 1.29 is 14.4 Å². The quantitative estimate of drug-likeness (QED) is 0.436. The molecule has 1 saturated heterocycles. The van der Waals surface area contributed by atoms with E-state index in [2.05, 4.69) is 37.3 Å². The summed E-state index contributed by atoms with van der Waals surface area (Å²) in [6.07, 6.45) is 1.28. The van der Waals surface area contributed by atoms with Crippen molar-refractivity contribution in [3.63, 3.8) is 0 Å². The highest BCUT2D eigenvalue weighted by Gasteiger charge is 2.26. The molecule has 3 heterocycles. The van der Waals surface area contributed by atoms with Gasteiger partial charge in [-0.1, -0.05) is 30.3 Å². The predicted octanol–water partition coefficient (Wildman–Crippen LogP) is -0.855. The number of rotatable bonds is 5. The van der Waals surface area contributed by atoms with Crippen molar-refractivity contribution in [2.75, 3.05) is 26.2 Å². The predicted molar refractivity (Wildman–Crippen MR) is 99.7 cm³/mol. The zero-order valence-corrected chi connectivity index (χ0v) is 15.4. The van der Waals surface area contributed by atoms with Crippen LogP contribution in [0.3, 0.4) is 0 Å². The van der Waals surface area contributed by atoms with Gasteiger partial charge in [-0.2, -0.15) is 9.61 Å². The number of hydrogen-bond acceptors (Lipinski definition) is 8. The van der Waals surface area contributed by atoms with Gasteiger partial charge in [0, 0.05) is 32.7 Å². The molecule has 1 aliphatic heterocycles. The SMILES string of the molecule is NC(=O)C(=O)c1nnc2ncc(C(=O)N3CCN(Cc4ccccc4)CC3)nn12. The maximum absolute atomic E-state index is 12.8. The first-order valence-electron chi connectivity index (χ1n) is 9.01. The van der Waals surface area contributed by atoms with E-state index in [1.54, 1.807) is 4.90 Å². The van der Waals surface area contributed by atoms with Gasteiger partial charge >= 0.3 is 0 Å². The van der Waals surface area contributed by atoms with Gasteiger partial charge in [-0.25, -0.2) is 4.98 Å². The highest BCUT2D eigenvalue weighted by atomic mass is 16.2. The first kappa shape index (κ1) is 18.6. The number of nitrogens with two attached hydrogens (primary N) is 1. The summed E-state index contributed by atoms with van der Waals surface area (Å²) in [6.45, 7) is 3.37. The van der Waals surface area contributed by atoms with Crippen LogP contribution in [0.5, 0.6) is 0 Å². The summed E-state index contributed by atoms with van der Waals surface area (Å²) >= 11 is 0. The molecule has 4 rings (SSSR count). The van der Waals surface area contributed by atoms with Crippen LogP contribution in [0.2, 0.25) is 0 Å². The van der Waals surface area contributed by atoms with Crippen LogP contribution in [0.1, 0.15) is 26.7 Å². The largest absolute Gasteiger partial charge is 0.363 e. The number of fused-ring (bicyclic) bond motifs is 1. The Morgan fingerprint density at radius 1 is 1.00 bits per heavy atom. The Balaban J connectivity index is 1.46. The molecular formula is C18H18N8O3. The topological polar surface area (TPSA) is 140 Å². The van der Waals surface area contributed by atoms with Crippen LogP contribution < -0.4 is 5.73 Å². The van der Waals surface area contributed by atoms with Crippen LogP contribution in [0.15, 0.2) is 36.5 Å². The van der Waals surface area contributed by atoms with Gasteiger partial charge in [0.15, 0.2) is 5.69 Å². The molecule has 2 amide bonds. The van der Waals surface area contributed by atoms with Crippen molar-refractivity contribution in [2.24, 2.45) is 5.73 Å². The number of Topliss-reactive ketones (excluding diaryl/α,β-unsaturated/α-hetero) is 1. The summed E-state index contributed by atoms with van der Waals surface area (Å²) in [5.74, 6) is -2.93. The maximum Gasteiger partial charge on any atom is 0.293 e. The second kappa shape index (κ2) is 7.72. The van der Waals surface area contributed by atoms with Crippen molar-refractivity contribution >= 4 is 23.4 Å². The number of aromatic nitrogens is 5. The Morgan fingerprint density at radius 2 is 1.72 bits per heavy atom. The molecule has 11 nitrogen and oxygen atoms in total. The average molecular weight is 394 g/mol. The number of amides is 2. The van der Waals surface area contributed by atoms with Crippen LogP contribution in [0.25, 0.3) is 5.78 Å². The highest BCUT2D eigenvalue weighted by molar-refractivity contribution is 6.41. The summed E-state index contributed by atoms with van der Waals surface area (Å²) in [5.41, 5.74) is 6.26. The number of nitrogens with zero attached hydrogens (tertiary/aromatic N) is 7. The monoisotopic (exact) mass is 394 g/mol. The first-order valence-corrected chi connectivity index (χ1v) is 9.01. The Morgan fingerprint density at radius 3 is 2.41 bits per heavy atom. The third-order valence-electron chi connectivity index (χ3n) is 4.69. The lowest BCUT2D eigenvalue weighted by Crippen LogP contribution is -2.48. The maximum atomic E-state index is 12.8. The van der Waals surface area contributed by atoms with Gasteiger partial charge in [0.1, 0.15) is 0 Å². The lowest BCUT2D eigenvalue weighted by molar-refractivity contribution is -0.114. The molecule has 2 N–H and O–H groups in total. The number of benzene rings is 1. The van der Waals surface area contributed by atoms with Crippen LogP contribution in [-0.4, -0.2) is 78.4 Å². The van der Waals surface area contributed by atoms with Crippen LogP contribution >= 0.6 is 0 Å². The molecule has 148 valence electrons. The van der Waals surface area contributed by atoms with Gasteiger partial charge in [-0.05, 0) is 5.56 Å². The lowest BCUT2D eigenvalue weighted by Gasteiger charge is -2.34. The molecule has 1 fully saturated rings. The number of primary amides is 1. The molecule has 1 aliphatic rings. The molecule has 0 spiro atoms. The molecule has 0 atom stereocenters. The van der Waals surface area contributed by atoms with Crippen LogP contribution in [-0.2, 0) is 11.3 Å². The van der Waals surface area contributed by atoms with Gasteiger partial charge in [-0.3, -0.25) is 19.3 Å². The van der Waals surface area contributed by atoms with E-state index < -0.39 is 11.7 Å². The fraction of sp³-hybridized carbons (Fsp3) is 0.278. The Kier molecular flexibility index (Phi) is 4.96. The summed E-state index contributed by atoms with van der Waals surface area (Å²) in [6, 6.07) is 10.1. The van der Waals surface area contributed by atoms with E-state index in [1.165, 1.54) is 11.8 Å². The van der Waals surface area contributed by atoms with Crippen LogP contribution in [0.4, 0.5) is 0 Å². The molecule has 3 aromatic rings. The highest BCUT2D eigenvalue weighted by Crippen LogP contribution is 2.11. The second-order valence-corrected chi connectivity index (χ2v) is 6.63. The summed E-state index contributed by atoms with van der Waals surface area (Å²) in [5, 5.41) is 11.3. The number of hydrogen-bond donors (Lipinski definition) is 1. The van der Waals surface area contributed by atoms with E-state index in [0.717, 1.165) is 24.1 Å². The third kappa shape index (κ3) is 3.80. The molecule has 0 aliphatic carbocycles. The van der Waals surface area contributed by atoms with Crippen molar-refractivity contribution in [2.45, 2.75) is 6.54 Å². The number of ketones is 1. The molecule has 0 radical (unpaired) electrons. The van der Waals surface area contributed by atoms with E-state index >= 15 is 0 Å². The average Bonchev–Trinajstić information content (AvgIpc) is 3.17. The number of carbonyl (C=O) groups is 3. The summed E-state index contributed by atoms with van der Waals surface area (Å²) in [4.78, 5) is 43.7. The minimum absolute atomic E-state index is 0.00108. The zero-order chi connectivity index (χ0) is 20.4. The fourth-order valence-electron chi connectivity index (χ4n) is 3.16. The number of carbonyl (C=O) groups excluding carboxylic acids is 3. The van der Waals surface area contributed by atoms with E-state index in [9.17, 15) is 14.4 Å². The Labute approximate surface area is 165 Å². The first-order chi connectivity index (χ1) is 14.0. The lowest BCUT2D eigenvalue weighted by atomic mass is 10.2. The number of piperazine rings is 1. The minimum Gasteiger partial charge on any atom is -0.363 e. The molecule has 2 aromatic heterocycles. The molecule has 11 heteroatoms. The molecular weight excluding hydrogens is 376 g/mol. The van der Waals surface area contributed by atoms with Crippen molar-refractivity contribution in [3.8, 4) is 0 Å². The normalized spacial score (nSPS) is 14.8.